The fraction of sp³-hybridized carbons (Fsp3) is 0.333. The Labute approximate surface area is 80.3 Å². The standard InChI is InChI=1S/C9H11F2NS/c1-2-13-8-4-3-6(12)5-7(8)9(10)11/h3-5,9H,2,12H2,1H3. The van der Waals surface area contributed by atoms with Crippen molar-refractivity contribution in [3.8, 4) is 0 Å². The second-order valence-corrected chi connectivity index (χ2v) is 3.84. The first kappa shape index (κ1) is 10.3. The highest BCUT2D eigenvalue weighted by Crippen LogP contribution is 2.31. The molecule has 13 heavy (non-hydrogen) atoms. The maximum absolute atomic E-state index is 12.5. The Morgan fingerprint density at radius 3 is 2.69 bits per heavy atom. The molecule has 1 aromatic carbocycles. The van der Waals surface area contributed by atoms with Gasteiger partial charge in [0.15, 0.2) is 0 Å². The van der Waals surface area contributed by atoms with Gasteiger partial charge in [0.2, 0.25) is 0 Å². The van der Waals surface area contributed by atoms with E-state index in [1.54, 1.807) is 12.1 Å². The van der Waals surface area contributed by atoms with E-state index in [0.29, 0.717) is 10.6 Å². The molecule has 0 aromatic heterocycles. The summed E-state index contributed by atoms with van der Waals surface area (Å²) in [6.45, 7) is 1.93. The summed E-state index contributed by atoms with van der Waals surface area (Å²) in [5.41, 5.74) is 5.84. The quantitative estimate of drug-likeness (QED) is 0.602. The van der Waals surface area contributed by atoms with Gasteiger partial charge in [-0.2, -0.15) is 0 Å². The van der Waals surface area contributed by atoms with Gasteiger partial charge in [0.05, 0.1) is 0 Å². The van der Waals surface area contributed by atoms with Crippen LogP contribution in [0.4, 0.5) is 14.5 Å². The summed E-state index contributed by atoms with van der Waals surface area (Å²) in [7, 11) is 0. The maximum Gasteiger partial charge on any atom is 0.265 e. The average Bonchev–Trinajstić information content (AvgIpc) is 2.08. The Morgan fingerprint density at radius 2 is 2.15 bits per heavy atom. The first-order valence-corrected chi connectivity index (χ1v) is 4.94. The van der Waals surface area contributed by atoms with Crippen LogP contribution in [-0.2, 0) is 0 Å². The summed E-state index contributed by atoms with van der Waals surface area (Å²) in [6.07, 6.45) is -2.45. The van der Waals surface area contributed by atoms with E-state index in [-0.39, 0.29) is 5.56 Å². The van der Waals surface area contributed by atoms with Crippen molar-refractivity contribution in [3.05, 3.63) is 23.8 Å². The van der Waals surface area contributed by atoms with Gasteiger partial charge in [-0.1, -0.05) is 6.92 Å². The molecule has 4 heteroatoms. The Kier molecular flexibility index (Phi) is 3.54. The highest BCUT2D eigenvalue weighted by molar-refractivity contribution is 7.99. The van der Waals surface area contributed by atoms with Crippen LogP contribution in [0, 0.1) is 0 Å². The smallest absolute Gasteiger partial charge is 0.265 e. The number of halogens is 2. The van der Waals surface area contributed by atoms with Gasteiger partial charge in [0.1, 0.15) is 0 Å². The van der Waals surface area contributed by atoms with Crippen molar-refractivity contribution in [2.45, 2.75) is 18.2 Å². The lowest BCUT2D eigenvalue weighted by Gasteiger charge is -2.07. The number of nitrogens with two attached hydrogens (primary N) is 1. The van der Waals surface area contributed by atoms with E-state index in [2.05, 4.69) is 0 Å². The van der Waals surface area contributed by atoms with Gasteiger partial charge in [-0.25, -0.2) is 8.78 Å². The van der Waals surface area contributed by atoms with Crippen molar-refractivity contribution in [1.82, 2.24) is 0 Å². The van der Waals surface area contributed by atoms with E-state index < -0.39 is 6.43 Å². The molecule has 1 rings (SSSR count). The minimum Gasteiger partial charge on any atom is -0.399 e. The van der Waals surface area contributed by atoms with Crippen molar-refractivity contribution in [3.63, 3.8) is 0 Å². The van der Waals surface area contributed by atoms with Crippen molar-refractivity contribution in [1.29, 1.82) is 0 Å². The molecular weight excluding hydrogens is 192 g/mol. The highest BCUT2D eigenvalue weighted by atomic mass is 32.2. The fourth-order valence-corrected chi connectivity index (χ4v) is 1.81. The molecule has 0 saturated carbocycles. The van der Waals surface area contributed by atoms with Crippen LogP contribution in [0.1, 0.15) is 18.9 Å². The molecule has 0 saturated heterocycles. The van der Waals surface area contributed by atoms with Crippen molar-refractivity contribution < 1.29 is 8.78 Å². The number of alkyl halides is 2. The zero-order valence-corrected chi connectivity index (χ0v) is 8.07. The van der Waals surface area contributed by atoms with E-state index in [4.69, 9.17) is 5.73 Å². The zero-order valence-electron chi connectivity index (χ0n) is 7.26. The van der Waals surface area contributed by atoms with Gasteiger partial charge in [0.25, 0.3) is 6.43 Å². The molecule has 0 amide bonds. The largest absolute Gasteiger partial charge is 0.399 e. The molecule has 0 radical (unpaired) electrons. The average molecular weight is 203 g/mol. The molecule has 72 valence electrons. The minimum absolute atomic E-state index is 0.0341. The fourth-order valence-electron chi connectivity index (χ4n) is 1.02. The second kappa shape index (κ2) is 4.46. The molecule has 0 bridgehead atoms. The van der Waals surface area contributed by atoms with Gasteiger partial charge in [-0.15, -0.1) is 11.8 Å². The first-order chi connectivity index (χ1) is 6.15. The predicted molar refractivity (Wildman–Crippen MR) is 52.2 cm³/mol. The lowest BCUT2D eigenvalue weighted by Crippen LogP contribution is -1.92. The molecule has 0 aliphatic carbocycles. The molecule has 0 aliphatic rings. The third kappa shape index (κ3) is 2.59. The Bertz CT molecular complexity index is 289. The van der Waals surface area contributed by atoms with Crippen molar-refractivity contribution >= 4 is 17.4 Å². The van der Waals surface area contributed by atoms with Crippen LogP contribution in [0.3, 0.4) is 0 Å². The van der Waals surface area contributed by atoms with Crippen LogP contribution in [-0.4, -0.2) is 5.75 Å². The number of rotatable bonds is 3. The lowest BCUT2D eigenvalue weighted by molar-refractivity contribution is 0.148. The summed E-state index contributed by atoms with van der Waals surface area (Å²) < 4.78 is 24.9. The van der Waals surface area contributed by atoms with Gasteiger partial charge in [0, 0.05) is 16.1 Å². The Hall–Kier alpha value is -0.770. The van der Waals surface area contributed by atoms with Gasteiger partial charge >= 0.3 is 0 Å². The molecule has 0 unspecified atom stereocenters. The number of benzene rings is 1. The van der Waals surface area contributed by atoms with Crippen LogP contribution in [0.25, 0.3) is 0 Å². The molecular formula is C9H11F2NS. The predicted octanol–water partition coefficient (Wildman–Crippen LogP) is 3.32. The summed E-state index contributed by atoms with van der Waals surface area (Å²) in [5, 5.41) is 0. The topological polar surface area (TPSA) is 26.0 Å². The Balaban J connectivity index is 3.03. The molecule has 2 N–H and O–H groups in total. The summed E-state index contributed by atoms with van der Waals surface area (Å²) in [6, 6.07) is 4.62. The molecule has 0 spiro atoms. The summed E-state index contributed by atoms with van der Waals surface area (Å²) in [5.74, 6) is 0.781. The molecule has 0 fully saturated rings. The van der Waals surface area contributed by atoms with Gasteiger partial charge in [-0.3, -0.25) is 0 Å². The van der Waals surface area contributed by atoms with E-state index >= 15 is 0 Å². The van der Waals surface area contributed by atoms with Crippen LogP contribution >= 0.6 is 11.8 Å². The molecule has 0 atom stereocenters. The highest BCUT2D eigenvalue weighted by Gasteiger charge is 2.12. The summed E-state index contributed by atoms with van der Waals surface area (Å²) >= 11 is 1.40. The maximum atomic E-state index is 12.5. The SMILES string of the molecule is CCSc1ccc(N)cc1C(F)F. The number of nitrogen functional groups attached to an aromatic ring is 1. The zero-order chi connectivity index (χ0) is 9.84. The van der Waals surface area contributed by atoms with E-state index in [1.807, 2.05) is 6.92 Å². The number of hydrogen-bond acceptors (Lipinski definition) is 2. The summed E-state index contributed by atoms with van der Waals surface area (Å²) in [4.78, 5) is 0.617. The lowest BCUT2D eigenvalue weighted by atomic mass is 10.2. The number of hydrogen-bond donors (Lipinski definition) is 1. The van der Waals surface area contributed by atoms with E-state index in [0.717, 1.165) is 5.75 Å². The van der Waals surface area contributed by atoms with E-state index in [9.17, 15) is 8.78 Å². The van der Waals surface area contributed by atoms with Crippen molar-refractivity contribution in [2.75, 3.05) is 11.5 Å². The van der Waals surface area contributed by atoms with Crippen LogP contribution in [0.2, 0.25) is 0 Å². The van der Waals surface area contributed by atoms with Crippen molar-refractivity contribution in [2.24, 2.45) is 0 Å². The van der Waals surface area contributed by atoms with Gasteiger partial charge in [-0.05, 0) is 24.0 Å². The third-order valence-corrected chi connectivity index (χ3v) is 2.54. The normalized spacial score (nSPS) is 10.8. The third-order valence-electron chi connectivity index (χ3n) is 1.57. The minimum atomic E-state index is -2.45. The molecule has 1 aromatic rings. The second-order valence-electron chi connectivity index (χ2n) is 2.53. The van der Waals surface area contributed by atoms with Gasteiger partial charge < -0.3 is 5.73 Å². The number of thioether (sulfide) groups is 1. The van der Waals surface area contributed by atoms with Crippen LogP contribution < -0.4 is 5.73 Å². The monoisotopic (exact) mass is 203 g/mol. The molecule has 0 aliphatic heterocycles. The van der Waals surface area contributed by atoms with E-state index in [1.165, 1.54) is 17.8 Å². The molecule has 1 nitrogen and oxygen atoms in total. The molecule has 0 heterocycles. The van der Waals surface area contributed by atoms with Crippen LogP contribution in [0.15, 0.2) is 23.1 Å². The number of anilines is 1. The first-order valence-electron chi connectivity index (χ1n) is 3.95. The van der Waals surface area contributed by atoms with Crippen LogP contribution in [0.5, 0.6) is 0 Å². The Morgan fingerprint density at radius 1 is 1.46 bits per heavy atom.